The zero-order valence-corrected chi connectivity index (χ0v) is 72.7. The zero-order valence-electron chi connectivity index (χ0n) is 71.1. The van der Waals surface area contributed by atoms with E-state index in [0.29, 0.717) is 133 Å². The topological polar surface area (TPSA) is 393 Å². The number of aromatic nitrogens is 2. The van der Waals surface area contributed by atoms with Crippen molar-refractivity contribution in [1.29, 1.82) is 0 Å². The molecule has 0 spiro atoms. The highest BCUT2D eigenvalue weighted by Crippen LogP contribution is 2.36. The van der Waals surface area contributed by atoms with Gasteiger partial charge >= 0.3 is 11.9 Å². The summed E-state index contributed by atoms with van der Waals surface area (Å²) in [5.74, 6) is 1.23. The number of ether oxygens (including phenoxy) is 7. The molecule has 0 saturated carbocycles. The van der Waals surface area contributed by atoms with E-state index in [0.717, 1.165) is 119 Å². The maximum absolute atomic E-state index is 12.7. The minimum atomic E-state index is -4.64. The lowest BCUT2D eigenvalue weighted by Crippen LogP contribution is -2.30. The highest BCUT2D eigenvalue weighted by molar-refractivity contribution is 7.94. The fourth-order valence-electron chi connectivity index (χ4n) is 13.7. The number of Topliss-reactive ketones (excluding diaryl/α,β-unsaturated/α-hetero) is 1. The standard InChI is InChI=1S/C53H56N4O10S.C45H51N3O11S/c58-50(55-30-14-31-56-53(61)42-26-24-39(25-27-42)37-54-38-43-19-8-9-22-49(43)68-67-66-62)23-13-34-64-48-21-12-20-47(45(48)28-29-52(59)60)63-32-10-3-11-33-65-51-36-44(40-15-4-1-5-16-40)35-46(57-51)41-17-6-2-7-18-41;1-2-10-37-35-12-8-13-39(49)36(35)19-21-42(37)58-25-7-3-6-24-57-40-14-9-15-41(38(40)20-22-44(50)51)59-28-27-56-26-23-47-45(52)33-17-18-34(48-30-33)31-46-29-32-11-4-5-16-43(32)60(53,54)55/h1-2,4-9,12,15-22,24-27,35-36,38,62H,3,10-11,13-14,23,28-34,37H2,(H,55,58)(H,56,61)(H,59,60);2,4-5,9,11,14-19,21,29-30H,1,3,6-8,10,12-13,20,22-28,31H2,(H,47,52)(H,50,51)(H,53,54,55)/p-2. The van der Waals surface area contributed by atoms with Crippen LogP contribution >= 0.6 is 12.0 Å². The van der Waals surface area contributed by atoms with Gasteiger partial charge in [0.25, 0.3) is 11.8 Å². The number of aliphatic carboxylic acids is 2. The molecule has 10 aromatic rings. The van der Waals surface area contributed by atoms with Gasteiger partial charge in [-0.25, -0.2) is 13.4 Å². The molecule has 672 valence electrons. The van der Waals surface area contributed by atoms with Crippen LogP contribution < -0.4 is 49.6 Å². The molecule has 2 aromatic heterocycles. The third-order valence-corrected chi connectivity index (χ3v) is 21.7. The second-order valence-electron chi connectivity index (χ2n) is 29.5. The van der Waals surface area contributed by atoms with E-state index in [4.69, 9.17) is 38.1 Å². The number of ketones is 1. The van der Waals surface area contributed by atoms with Crippen molar-refractivity contribution in [2.75, 3.05) is 72.5 Å². The number of pyridine rings is 2. The first-order valence-electron chi connectivity index (χ1n) is 42.5. The van der Waals surface area contributed by atoms with Gasteiger partial charge in [-0.1, -0.05) is 127 Å². The minimum absolute atomic E-state index is 0.0823. The lowest BCUT2D eigenvalue weighted by Gasteiger charge is -2.21. The van der Waals surface area contributed by atoms with E-state index in [9.17, 15) is 57.2 Å². The van der Waals surface area contributed by atoms with Crippen LogP contribution in [0.2, 0.25) is 0 Å². The third kappa shape index (κ3) is 32.8. The van der Waals surface area contributed by atoms with Crippen molar-refractivity contribution in [3.05, 3.63) is 286 Å². The molecule has 1 aliphatic carbocycles. The van der Waals surface area contributed by atoms with Crippen LogP contribution in [-0.4, -0.2) is 154 Å². The molecule has 3 amide bonds. The van der Waals surface area contributed by atoms with Crippen LogP contribution in [0.15, 0.2) is 245 Å². The molecule has 0 saturated heterocycles. The normalized spacial score (nSPS) is 11.7. The van der Waals surface area contributed by atoms with Gasteiger partial charge in [-0.2, -0.15) is 4.33 Å². The summed E-state index contributed by atoms with van der Waals surface area (Å²) in [6, 6.07) is 62.2. The molecule has 30 heteroatoms. The van der Waals surface area contributed by atoms with Crippen LogP contribution in [0.3, 0.4) is 0 Å². The number of nitrogens with one attached hydrogen (secondary N) is 3. The summed E-state index contributed by atoms with van der Waals surface area (Å²) < 4.78 is 81.0. The molecular formula is C98H105N7O21S2-2. The number of benzene rings is 8. The molecule has 0 atom stereocenters. The van der Waals surface area contributed by atoms with Crippen LogP contribution in [0.5, 0.6) is 34.6 Å². The number of fused-ring (bicyclic) bond motifs is 1. The molecule has 5 N–H and O–H groups in total. The van der Waals surface area contributed by atoms with Crippen molar-refractivity contribution in [2.24, 2.45) is 9.98 Å². The molecule has 28 nitrogen and oxygen atoms in total. The predicted molar refractivity (Wildman–Crippen MR) is 483 cm³/mol. The van der Waals surface area contributed by atoms with Crippen LogP contribution in [0.25, 0.3) is 22.4 Å². The minimum Gasteiger partial charge on any atom is -0.744 e. The number of allylic oxidation sites excluding steroid dienone is 1. The molecule has 11 rings (SSSR count). The summed E-state index contributed by atoms with van der Waals surface area (Å²) in [5, 5.41) is 40.9. The first-order chi connectivity index (χ1) is 62.4. The summed E-state index contributed by atoms with van der Waals surface area (Å²) >= 11 is 0.802. The van der Waals surface area contributed by atoms with E-state index in [1.165, 1.54) is 30.6 Å². The number of hydrogen-bond donors (Lipinski definition) is 5. The Morgan fingerprint density at radius 2 is 1.06 bits per heavy atom. The molecule has 0 fully saturated rings. The highest BCUT2D eigenvalue weighted by Gasteiger charge is 2.23. The summed E-state index contributed by atoms with van der Waals surface area (Å²) in [5.41, 5.74) is 11.5. The third-order valence-electron chi connectivity index (χ3n) is 20.1. The lowest BCUT2D eigenvalue weighted by atomic mass is 9.86. The van der Waals surface area contributed by atoms with E-state index >= 15 is 0 Å². The Hall–Kier alpha value is -12.9. The van der Waals surface area contributed by atoms with E-state index in [1.807, 2.05) is 115 Å². The van der Waals surface area contributed by atoms with Crippen LogP contribution in [0.1, 0.15) is 159 Å². The number of rotatable bonds is 54. The van der Waals surface area contributed by atoms with Crippen molar-refractivity contribution in [2.45, 2.75) is 132 Å². The number of carboxylic acid groups (broad SMARTS) is 2. The maximum Gasteiger partial charge on any atom is 0.303 e. The summed E-state index contributed by atoms with van der Waals surface area (Å²) in [7, 11) is -4.64. The second-order valence-corrected chi connectivity index (χ2v) is 31.6. The number of nitrogens with zero attached hydrogens (tertiary/aromatic N) is 4. The molecule has 0 unspecified atom stereocenters. The smallest absolute Gasteiger partial charge is 0.303 e. The Kier molecular flexibility index (Phi) is 40.7. The Bertz CT molecular complexity index is 5380. The molecular weight excluding hydrogens is 1680 g/mol. The first kappa shape index (κ1) is 97.3. The SMILES string of the molecule is C=CCc1c(OCCCCCOc2cccc(OCCOCCNC(=O)c3ccc(CN=Cc4ccccc4S(=O)(=O)[O-])nc3)c2CCC(=O)O)ccc2c1CCCC2=O.O=C(O)CCc1c(OCCCCCOc2cc(-c3ccccc3)cc(-c3ccccc3)n2)cccc1OCCCC(=O)NCCCNC(=O)c1ccc(CN=Cc2ccccc2SOO[O-])cc1. The fourth-order valence-corrected chi connectivity index (χ4v) is 14.8. The predicted octanol–water partition coefficient (Wildman–Crippen LogP) is 15.3. The van der Waals surface area contributed by atoms with Crippen LogP contribution in [0, 0.1) is 0 Å². The molecule has 128 heavy (non-hydrogen) atoms. The maximum atomic E-state index is 12.7. The van der Waals surface area contributed by atoms with Crippen molar-refractivity contribution >= 4 is 70.0 Å². The van der Waals surface area contributed by atoms with Gasteiger partial charge < -0.3 is 69.1 Å². The van der Waals surface area contributed by atoms with Crippen molar-refractivity contribution < 1.29 is 99.7 Å². The molecule has 2 heterocycles. The molecule has 1 aliphatic rings. The van der Waals surface area contributed by atoms with Gasteiger partial charge in [0, 0.05) is 119 Å². The molecule has 0 radical (unpaired) electrons. The highest BCUT2D eigenvalue weighted by atomic mass is 32.2. The quantitative estimate of drug-likeness (QED) is 0.00449. The lowest BCUT2D eigenvalue weighted by molar-refractivity contribution is -0.777. The van der Waals surface area contributed by atoms with E-state index < -0.39 is 22.1 Å². The van der Waals surface area contributed by atoms with Crippen molar-refractivity contribution in [3.63, 3.8) is 0 Å². The average Bonchev–Trinajstić information content (AvgIpc) is 0.781. The summed E-state index contributed by atoms with van der Waals surface area (Å²) in [4.78, 5) is 91.2. The van der Waals surface area contributed by atoms with Gasteiger partial charge in [-0.05, 0) is 185 Å². The Morgan fingerprint density at radius 3 is 1.69 bits per heavy atom. The summed E-state index contributed by atoms with van der Waals surface area (Å²) in [6.45, 7) is 8.21. The Labute approximate surface area is 749 Å². The molecule has 0 aliphatic heterocycles. The van der Waals surface area contributed by atoms with E-state index in [-0.39, 0.29) is 106 Å². The number of carbonyl (C=O) groups excluding carboxylic acids is 4. The molecule has 8 aromatic carbocycles. The average molecular weight is 1780 g/mol. The van der Waals surface area contributed by atoms with Gasteiger partial charge in [-0.3, -0.25) is 48.8 Å². The van der Waals surface area contributed by atoms with E-state index in [1.54, 1.807) is 66.9 Å². The van der Waals surface area contributed by atoms with E-state index in [2.05, 4.69) is 65.1 Å². The van der Waals surface area contributed by atoms with Crippen molar-refractivity contribution in [1.82, 2.24) is 25.9 Å². The van der Waals surface area contributed by atoms with Gasteiger partial charge in [-0.15, -0.1) is 6.58 Å². The van der Waals surface area contributed by atoms with Crippen molar-refractivity contribution in [3.8, 4) is 57.0 Å². The summed E-state index contributed by atoms with van der Waals surface area (Å²) in [6.07, 6.45) is 15.6. The number of amides is 3. The number of aliphatic imine (C=N–C) groups is 2. The Balaban J connectivity index is 0.000000269. The van der Waals surface area contributed by atoms with Gasteiger partial charge in [0.1, 0.15) is 45.5 Å². The number of carboxylic acids is 2. The molecule has 0 bridgehead atoms. The first-order valence-corrected chi connectivity index (χ1v) is 44.6. The Morgan fingerprint density at radius 1 is 0.508 bits per heavy atom. The monoisotopic (exact) mass is 1780 g/mol. The van der Waals surface area contributed by atoms with Crippen LogP contribution in [0.4, 0.5) is 0 Å². The van der Waals surface area contributed by atoms with Gasteiger partial charge in [0.2, 0.25) is 11.8 Å². The van der Waals surface area contributed by atoms with Gasteiger partial charge in [0.15, 0.2) is 5.78 Å². The van der Waals surface area contributed by atoms with Crippen LogP contribution in [-0.2, 0) is 77.4 Å². The fraction of sp³-hybridized carbons (Fsp3) is 0.306. The number of hydrogen-bond acceptors (Lipinski definition) is 24. The number of unbranched alkanes of at least 4 members (excludes halogenated alkanes) is 4. The second kappa shape index (κ2) is 53.5. The number of carbonyl (C=O) groups is 6. The largest absolute Gasteiger partial charge is 0.744 e. The van der Waals surface area contributed by atoms with Gasteiger partial charge in [0.05, 0.1) is 93.2 Å². The zero-order chi connectivity index (χ0) is 90.3.